The fourth-order valence-corrected chi connectivity index (χ4v) is 1.92. The SMILES string of the molecule is CNCc1[nH]ncc1-c1ncnc2[nH]ccc12. The second-order valence-corrected chi connectivity index (χ2v) is 3.75. The van der Waals surface area contributed by atoms with Crippen molar-refractivity contribution in [2.45, 2.75) is 6.54 Å². The Morgan fingerprint density at radius 3 is 3.18 bits per heavy atom. The van der Waals surface area contributed by atoms with Gasteiger partial charge in [0.2, 0.25) is 0 Å². The van der Waals surface area contributed by atoms with Gasteiger partial charge in [0, 0.05) is 23.7 Å². The maximum absolute atomic E-state index is 4.35. The van der Waals surface area contributed by atoms with Crippen molar-refractivity contribution in [3.8, 4) is 11.3 Å². The lowest BCUT2D eigenvalue weighted by Gasteiger charge is -2.02. The highest BCUT2D eigenvalue weighted by Crippen LogP contribution is 2.26. The topological polar surface area (TPSA) is 82.3 Å². The van der Waals surface area contributed by atoms with Gasteiger partial charge in [-0.05, 0) is 13.1 Å². The van der Waals surface area contributed by atoms with Crippen molar-refractivity contribution in [1.82, 2.24) is 30.5 Å². The maximum atomic E-state index is 4.35. The predicted molar refractivity (Wildman–Crippen MR) is 64.2 cm³/mol. The molecule has 0 amide bonds. The molecule has 0 bridgehead atoms. The molecular weight excluding hydrogens is 216 g/mol. The second-order valence-electron chi connectivity index (χ2n) is 3.75. The summed E-state index contributed by atoms with van der Waals surface area (Å²) in [5, 5.41) is 11.2. The Hall–Kier alpha value is -2.21. The summed E-state index contributed by atoms with van der Waals surface area (Å²) in [5.74, 6) is 0. The summed E-state index contributed by atoms with van der Waals surface area (Å²) in [7, 11) is 1.90. The lowest BCUT2D eigenvalue weighted by molar-refractivity contribution is 0.785. The number of rotatable bonds is 3. The van der Waals surface area contributed by atoms with E-state index in [0.29, 0.717) is 0 Å². The van der Waals surface area contributed by atoms with Crippen LogP contribution >= 0.6 is 0 Å². The summed E-state index contributed by atoms with van der Waals surface area (Å²) in [6.07, 6.45) is 5.21. The van der Waals surface area contributed by atoms with Crippen LogP contribution in [0.15, 0.2) is 24.8 Å². The Labute approximate surface area is 97.5 Å². The smallest absolute Gasteiger partial charge is 0.141 e. The van der Waals surface area contributed by atoms with Crippen molar-refractivity contribution in [3.63, 3.8) is 0 Å². The highest BCUT2D eigenvalue weighted by Gasteiger charge is 2.12. The molecule has 0 radical (unpaired) electrons. The number of hydrogen-bond donors (Lipinski definition) is 3. The van der Waals surface area contributed by atoms with E-state index in [0.717, 1.165) is 34.5 Å². The van der Waals surface area contributed by atoms with Crippen molar-refractivity contribution < 1.29 is 0 Å². The van der Waals surface area contributed by atoms with E-state index in [-0.39, 0.29) is 0 Å². The maximum Gasteiger partial charge on any atom is 0.141 e. The molecular formula is C11H12N6. The molecule has 0 unspecified atom stereocenters. The monoisotopic (exact) mass is 228 g/mol. The van der Waals surface area contributed by atoms with Gasteiger partial charge in [-0.2, -0.15) is 5.10 Å². The standard InChI is InChI=1S/C11H12N6/c1-12-5-9-8(4-16-17-9)10-7-2-3-13-11(7)15-6-14-10/h2-4,6,12H,5H2,1H3,(H,16,17)(H,13,14,15). The van der Waals surface area contributed by atoms with Gasteiger partial charge in [-0.15, -0.1) is 0 Å². The lowest BCUT2D eigenvalue weighted by Crippen LogP contribution is -2.06. The van der Waals surface area contributed by atoms with Crippen molar-refractivity contribution >= 4 is 11.0 Å². The van der Waals surface area contributed by atoms with Crippen LogP contribution in [0.5, 0.6) is 0 Å². The molecule has 0 fully saturated rings. The molecule has 0 aliphatic rings. The molecule has 3 heterocycles. The summed E-state index contributed by atoms with van der Waals surface area (Å²) in [6, 6.07) is 1.97. The molecule has 17 heavy (non-hydrogen) atoms. The number of hydrogen-bond acceptors (Lipinski definition) is 4. The average molecular weight is 228 g/mol. The first-order valence-electron chi connectivity index (χ1n) is 5.35. The van der Waals surface area contributed by atoms with Crippen molar-refractivity contribution in [2.24, 2.45) is 0 Å². The Bertz CT molecular complexity index is 638. The van der Waals surface area contributed by atoms with Gasteiger partial charge < -0.3 is 10.3 Å². The van der Waals surface area contributed by atoms with E-state index in [9.17, 15) is 0 Å². The van der Waals surface area contributed by atoms with Crippen LogP contribution < -0.4 is 5.32 Å². The Balaban J connectivity index is 2.20. The molecule has 3 aromatic rings. The zero-order valence-electron chi connectivity index (χ0n) is 9.36. The van der Waals surface area contributed by atoms with Crippen LogP contribution in [0, 0.1) is 0 Å². The summed E-state index contributed by atoms with van der Waals surface area (Å²) in [4.78, 5) is 11.6. The molecule has 0 aliphatic carbocycles. The molecule has 6 nitrogen and oxygen atoms in total. The van der Waals surface area contributed by atoms with E-state index in [2.05, 4.69) is 30.5 Å². The number of H-pyrrole nitrogens is 2. The molecule has 0 saturated heterocycles. The first-order valence-corrected chi connectivity index (χ1v) is 5.35. The van der Waals surface area contributed by atoms with Crippen molar-refractivity contribution in [2.75, 3.05) is 7.05 Å². The van der Waals surface area contributed by atoms with E-state index in [1.807, 2.05) is 19.3 Å². The fraction of sp³-hybridized carbons (Fsp3) is 0.182. The number of nitrogens with zero attached hydrogens (tertiary/aromatic N) is 3. The molecule has 0 spiro atoms. The highest BCUT2D eigenvalue weighted by molar-refractivity contribution is 5.90. The van der Waals surface area contributed by atoms with Gasteiger partial charge in [-0.3, -0.25) is 5.10 Å². The van der Waals surface area contributed by atoms with Crippen LogP contribution in [0.4, 0.5) is 0 Å². The van der Waals surface area contributed by atoms with Crippen LogP contribution in [0.3, 0.4) is 0 Å². The molecule has 0 atom stereocenters. The molecule has 86 valence electrons. The van der Waals surface area contributed by atoms with Crippen LogP contribution in [0.1, 0.15) is 5.69 Å². The summed E-state index contributed by atoms with van der Waals surface area (Å²) >= 11 is 0. The second kappa shape index (κ2) is 3.99. The minimum absolute atomic E-state index is 0.727. The molecule has 6 heteroatoms. The lowest BCUT2D eigenvalue weighted by atomic mass is 10.1. The number of aromatic amines is 2. The Morgan fingerprint density at radius 1 is 1.35 bits per heavy atom. The Morgan fingerprint density at radius 2 is 2.29 bits per heavy atom. The summed E-state index contributed by atoms with van der Waals surface area (Å²) < 4.78 is 0. The number of nitrogens with one attached hydrogen (secondary N) is 3. The van der Waals surface area contributed by atoms with E-state index >= 15 is 0 Å². The zero-order valence-corrected chi connectivity index (χ0v) is 9.36. The van der Waals surface area contributed by atoms with Gasteiger partial charge in [0.25, 0.3) is 0 Å². The molecule has 3 aromatic heterocycles. The predicted octanol–water partition coefficient (Wildman–Crippen LogP) is 1.07. The van der Waals surface area contributed by atoms with Crippen LogP contribution in [-0.4, -0.2) is 32.2 Å². The largest absolute Gasteiger partial charge is 0.346 e. The molecule has 0 saturated carbocycles. The highest BCUT2D eigenvalue weighted by atomic mass is 15.1. The number of fused-ring (bicyclic) bond motifs is 1. The minimum atomic E-state index is 0.727. The Kier molecular flexibility index (Phi) is 2.34. The summed E-state index contributed by atoms with van der Waals surface area (Å²) in [5.41, 5.74) is 3.77. The van der Waals surface area contributed by atoms with Gasteiger partial charge in [0.15, 0.2) is 0 Å². The average Bonchev–Trinajstić information content (AvgIpc) is 2.96. The molecule has 3 N–H and O–H groups in total. The third-order valence-electron chi connectivity index (χ3n) is 2.68. The first kappa shape index (κ1) is 9.98. The first-order chi connectivity index (χ1) is 8.40. The van der Waals surface area contributed by atoms with Crippen LogP contribution in [-0.2, 0) is 6.54 Å². The van der Waals surface area contributed by atoms with Gasteiger partial charge in [0.05, 0.1) is 17.6 Å². The third-order valence-corrected chi connectivity index (χ3v) is 2.68. The quantitative estimate of drug-likeness (QED) is 0.626. The van der Waals surface area contributed by atoms with Crippen molar-refractivity contribution in [1.29, 1.82) is 0 Å². The fourth-order valence-electron chi connectivity index (χ4n) is 1.92. The van der Waals surface area contributed by atoms with E-state index in [1.54, 1.807) is 12.5 Å². The van der Waals surface area contributed by atoms with Gasteiger partial charge in [0.1, 0.15) is 12.0 Å². The van der Waals surface area contributed by atoms with Crippen molar-refractivity contribution in [3.05, 3.63) is 30.5 Å². The molecule has 3 rings (SSSR count). The molecule has 0 aromatic carbocycles. The zero-order chi connectivity index (χ0) is 11.7. The third kappa shape index (κ3) is 1.58. The number of aromatic nitrogens is 5. The van der Waals surface area contributed by atoms with E-state index in [1.165, 1.54) is 0 Å². The van der Waals surface area contributed by atoms with Crippen LogP contribution in [0.2, 0.25) is 0 Å². The summed E-state index contributed by atoms with van der Waals surface area (Å²) in [6.45, 7) is 0.727. The van der Waals surface area contributed by atoms with Gasteiger partial charge in [-0.25, -0.2) is 9.97 Å². The van der Waals surface area contributed by atoms with E-state index in [4.69, 9.17) is 0 Å². The van der Waals surface area contributed by atoms with E-state index < -0.39 is 0 Å². The normalized spacial score (nSPS) is 11.1. The van der Waals surface area contributed by atoms with Crippen LogP contribution in [0.25, 0.3) is 22.3 Å². The minimum Gasteiger partial charge on any atom is -0.346 e. The van der Waals surface area contributed by atoms with Gasteiger partial charge in [-0.1, -0.05) is 0 Å². The molecule has 0 aliphatic heterocycles. The van der Waals surface area contributed by atoms with Gasteiger partial charge >= 0.3 is 0 Å².